The maximum atomic E-state index is 3.57. The maximum Gasteiger partial charge on any atom is 0.0489 e. The molecule has 0 radical (unpaired) electrons. The molecule has 1 unspecified atom stereocenters. The monoisotopic (exact) mass is 230 g/mol. The van der Waals surface area contributed by atoms with Gasteiger partial charge in [-0.15, -0.1) is 0 Å². The molecule has 2 heteroatoms. The highest BCUT2D eigenvalue weighted by Crippen LogP contribution is 2.29. The van der Waals surface area contributed by atoms with Crippen molar-refractivity contribution in [2.24, 2.45) is 0 Å². The molecule has 0 aliphatic heterocycles. The van der Waals surface area contributed by atoms with Crippen LogP contribution >= 0.6 is 0 Å². The third-order valence-electron chi connectivity index (χ3n) is 3.41. The number of rotatable bonds is 4. The van der Waals surface area contributed by atoms with Gasteiger partial charge in [0.15, 0.2) is 0 Å². The van der Waals surface area contributed by atoms with Crippen molar-refractivity contribution in [3.8, 4) is 0 Å². The number of benzene rings is 1. The minimum absolute atomic E-state index is 0.408. The van der Waals surface area contributed by atoms with Gasteiger partial charge < -0.3 is 10.3 Å². The van der Waals surface area contributed by atoms with Crippen LogP contribution in [-0.4, -0.2) is 11.5 Å². The van der Waals surface area contributed by atoms with E-state index in [1.807, 2.05) is 0 Å². The van der Waals surface area contributed by atoms with Crippen LogP contribution in [0.4, 0.5) is 0 Å². The van der Waals surface area contributed by atoms with Gasteiger partial charge in [-0.1, -0.05) is 25.1 Å². The summed E-state index contributed by atoms with van der Waals surface area (Å²) in [6.45, 7) is 9.84. The molecule has 0 fully saturated rings. The summed E-state index contributed by atoms with van der Waals surface area (Å²) in [6, 6.07) is 6.92. The lowest BCUT2D eigenvalue weighted by Gasteiger charge is -2.14. The SMILES string of the molecule is CCCNC(C)c1c(C)[nH]c2c(C)cccc12. The fraction of sp³-hybridized carbons (Fsp3) is 0.467. The second kappa shape index (κ2) is 4.92. The molecule has 2 rings (SSSR count). The number of fused-ring (bicyclic) bond motifs is 1. The number of aromatic nitrogens is 1. The number of hydrogen-bond acceptors (Lipinski definition) is 1. The molecule has 1 aromatic carbocycles. The van der Waals surface area contributed by atoms with E-state index in [1.54, 1.807) is 0 Å². The van der Waals surface area contributed by atoms with Gasteiger partial charge in [0.05, 0.1) is 0 Å². The zero-order chi connectivity index (χ0) is 12.4. The van der Waals surface area contributed by atoms with E-state index < -0.39 is 0 Å². The quantitative estimate of drug-likeness (QED) is 0.820. The molecule has 92 valence electrons. The van der Waals surface area contributed by atoms with E-state index in [9.17, 15) is 0 Å². The lowest BCUT2D eigenvalue weighted by atomic mass is 10.0. The molecule has 0 saturated heterocycles. The summed E-state index contributed by atoms with van der Waals surface area (Å²) in [5.41, 5.74) is 5.30. The summed E-state index contributed by atoms with van der Waals surface area (Å²) in [4.78, 5) is 3.51. The first-order chi connectivity index (χ1) is 8.15. The zero-order valence-corrected chi connectivity index (χ0v) is 11.2. The van der Waals surface area contributed by atoms with Gasteiger partial charge in [0, 0.05) is 22.6 Å². The first-order valence-corrected chi connectivity index (χ1v) is 6.46. The van der Waals surface area contributed by atoms with Crippen molar-refractivity contribution in [2.45, 2.75) is 40.2 Å². The van der Waals surface area contributed by atoms with Crippen LogP contribution in [-0.2, 0) is 0 Å². The molecule has 0 amide bonds. The predicted octanol–water partition coefficient (Wildman–Crippen LogP) is 3.85. The van der Waals surface area contributed by atoms with Crippen molar-refractivity contribution in [3.63, 3.8) is 0 Å². The Morgan fingerprint density at radius 3 is 2.76 bits per heavy atom. The average Bonchev–Trinajstić information content (AvgIpc) is 2.64. The molecule has 2 nitrogen and oxygen atoms in total. The number of nitrogens with one attached hydrogen (secondary N) is 2. The Bertz CT molecular complexity index is 511. The first-order valence-electron chi connectivity index (χ1n) is 6.46. The molecular formula is C15H22N2. The van der Waals surface area contributed by atoms with E-state index >= 15 is 0 Å². The van der Waals surface area contributed by atoms with Crippen LogP contribution in [0.1, 0.15) is 43.1 Å². The molecule has 0 saturated carbocycles. The lowest BCUT2D eigenvalue weighted by Crippen LogP contribution is -2.19. The van der Waals surface area contributed by atoms with Crippen LogP contribution in [0.15, 0.2) is 18.2 Å². The number of aromatic amines is 1. The van der Waals surface area contributed by atoms with Gasteiger partial charge in [0.1, 0.15) is 0 Å². The molecule has 1 heterocycles. The fourth-order valence-electron chi connectivity index (χ4n) is 2.54. The zero-order valence-electron chi connectivity index (χ0n) is 11.2. The van der Waals surface area contributed by atoms with Crippen molar-refractivity contribution >= 4 is 10.9 Å². The second-order valence-corrected chi connectivity index (χ2v) is 4.84. The van der Waals surface area contributed by atoms with Crippen LogP contribution < -0.4 is 5.32 Å². The van der Waals surface area contributed by atoms with Gasteiger partial charge in [-0.25, -0.2) is 0 Å². The van der Waals surface area contributed by atoms with E-state index in [2.05, 4.69) is 56.2 Å². The van der Waals surface area contributed by atoms with E-state index in [1.165, 1.54) is 34.1 Å². The van der Waals surface area contributed by atoms with Crippen molar-refractivity contribution in [2.75, 3.05) is 6.54 Å². The highest BCUT2D eigenvalue weighted by atomic mass is 14.9. The van der Waals surface area contributed by atoms with E-state index in [0.717, 1.165) is 6.54 Å². The summed E-state index contributed by atoms with van der Waals surface area (Å²) in [5.74, 6) is 0. The van der Waals surface area contributed by atoms with Gasteiger partial charge in [-0.2, -0.15) is 0 Å². The van der Waals surface area contributed by atoms with Crippen molar-refractivity contribution < 1.29 is 0 Å². The van der Waals surface area contributed by atoms with Gasteiger partial charge in [-0.05, 0) is 44.9 Å². The topological polar surface area (TPSA) is 27.8 Å². The second-order valence-electron chi connectivity index (χ2n) is 4.84. The van der Waals surface area contributed by atoms with E-state index in [0.29, 0.717) is 6.04 Å². The molecule has 1 aromatic heterocycles. The Balaban J connectivity index is 2.46. The molecule has 2 N–H and O–H groups in total. The Labute approximate surface area is 103 Å². The Kier molecular flexibility index (Phi) is 3.53. The maximum absolute atomic E-state index is 3.57. The van der Waals surface area contributed by atoms with Crippen LogP contribution in [0, 0.1) is 13.8 Å². The van der Waals surface area contributed by atoms with Gasteiger partial charge >= 0.3 is 0 Å². The molecule has 0 bridgehead atoms. The molecule has 2 aromatic rings. The minimum atomic E-state index is 0.408. The average molecular weight is 230 g/mol. The summed E-state index contributed by atoms with van der Waals surface area (Å²) >= 11 is 0. The van der Waals surface area contributed by atoms with Crippen LogP contribution in [0.5, 0.6) is 0 Å². The summed E-state index contributed by atoms with van der Waals surface area (Å²) in [5, 5.41) is 4.93. The largest absolute Gasteiger partial charge is 0.358 e. The Morgan fingerprint density at radius 2 is 2.06 bits per heavy atom. The Hall–Kier alpha value is -1.28. The number of aryl methyl sites for hydroxylation is 2. The highest BCUT2D eigenvalue weighted by molar-refractivity contribution is 5.87. The summed E-state index contributed by atoms with van der Waals surface area (Å²) < 4.78 is 0. The van der Waals surface area contributed by atoms with Gasteiger partial charge in [0.25, 0.3) is 0 Å². The molecule has 0 spiro atoms. The van der Waals surface area contributed by atoms with Gasteiger partial charge in [0.2, 0.25) is 0 Å². The highest BCUT2D eigenvalue weighted by Gasteiger charge is 2.14. The van der Waals surface area contributed by atoms with Crippen LogP contribution in [0.3, 0.4) is 0 Å². The third-order valence-corrected chi connectivity index (χ3v) is 3.41. The lowest BCUT2D eigenvalue weighted by molar-refractivity contribution is 0.571. The number of H-pyrrole nitrogens is 1. The number of hydrogen-bond donors (Lipinski definition) is 2. The van der Waals surface area contributed by atoms with Crippen molar-refractivity contribution in [3.05, 3.63) is 35.0 Å². The minimum Gasteiger partial charge on any atom is -0.358 e. The molecule has 1 atom stereocenters. The standard InChI is InChI=1S/C15H22N2/c1-5-9-16-11(3)14-12(4)17-15-10(2)7-6-8-13(14)15/h6-8,11,16-17H,5,9H2,1-4H3. The van der Waals surface area contributed by atoms with Gasteiger partial charge in [-0.3, -0.25) is 0 Å². The summed E-state index contributed by atoms with van der Waals surface area (Å²) in [7, 11) is 0. The predicted molar refractivity (Wildman–Crippen MR) is 74.5 cm³/mol. The fourth-order valence-corrected chi connectivity index (χ4v) is 2.54. The third kappa shape index (κ3) is 2.22. The molecule has 17 heavy (non-hydrogen) atoms. The number of para-hydroxylation sites is 1. The molecule has 0 aliphatic rings. The molecular weight excluding hydrogens is 208 g/mol. The van der Waals surface area contributed by atoms with E-state index in [-0.39, 0.29) is 0 Å². The first kappa shape index (κ1) is 12.2. The van der Waals surface area contributed by atoms with Crippen LogP contribution in [0.25, 0.3) is 10.9 Å². The smallest absolute Gasteiger partial charge is 0.0489 e. The van der Waals surface area contributed by atoms with Crippen LogP contribution in [0.2, 0.25) is 0 Å². The van der Waals surface area contributed by atoms with E-state index in [4.69, 9.17) is 0 Å². The summed E-state index contributed by atoms with van der Waals surface area (Å²) in [6.07, 6.45) is 1.17. The van der Waals surface area contributed by atoms with Crippen molar-refractivity contribution in [1.82, 2.24) is 10.3 Å². The Morgan fingerprint density at radius 1 is 1.29 bits per heavy atom. The normalized spacial score (nSPS) is 13.2. The van der Waals surface area contributed by atoms with Crippen molar-refractivity contribution in [1.29, 1.82) is 0 Å². The molecule has 0 aliphatic carbocycles.